The Morgan fingerprint density at radius 2 is 1.75 bits per heavy atom. The maximum absolute atomic E-state index is 13.2. The highest BCUT2D eigenvalue weighted by atomic mass is 35.5. The molecule has 0 spiro atoms. The summed E-state index contributed by atoms with van der Waals surface area (Å²) in [6.45, 7) is 3.96. The Bertz CT molecular complexity index is 1200. The number of benzene rings is 2. The van der Waals surface area contributed by atoms with Gasteiger partial charge in [-0.3, -0.25) is 9.20 Å². The molecule has 2 aromatic heterocycles. The van der Waals surface area contributed by atoms with Crippen LogP contribution in [-0.4, -0.2) is 20.4 Å². The van der Waals surface area contributed by atoms with Crippen LogP contribution in [0.3, 0.4) is 0 Å². The molecule has 0 saturated carbocycles. The molecule has 2 heterocycles. The maximum atomic E-state index is 13.2. The van der Waals surface area contributed by atoms with Gasteiger partial charge in [-0.1, -0.05) is 47.5 Å². The van der Waals surface area contributed by atoms with Crippen molar-refractivity contribution < 1.29 is 9.90 Å². The van der Waals surface area contributed by atoms with Gasteiger partial charge in [0.1, 0.15) is 22.8 Å². The van der Waals surface area contributed by atoms with Crippen LogP contribution in [0, 0.1) is 13.8 Å². The number of rotatable bonds is 3. The first-order valence-corrected chi connectivity index (χ1v) is 9.16. The lowest BCUT2D eigenvalue weighted by molar-refractivity contribution is 0.102. The van der Waals surface area contributed by atoms with Crippen molar-refractivity contribution in [1.82, 2.24) is 9.38 Å². The fourth-order valence-corrected chi connectivity index (χ4v) is 3.24. The van der Waals surface area contributed by atoms with E-state index in [2.05, 4.69) is 10.3 Å². The first kappa shape index (κ1) is 18.1. The van der Waals surface area contributed by atoms with Crippen LogP contribution in [0.15, 0.2) is 60.8 Å². The molecule has 0 aliphatic carbocycles. The van der Waals surface area contributed by atoms with Crippen molar-refractivity contribution in [3.05, 3.63) is 82.6 Å². The van der Waals surface area contributed by atoms with Crippen LogP contribution < -0.4 is 5.32 Å². The third-order valence-electron chi connectivity index (χ3n) is 4.51. The van der Waals surface area contributed by atoms with Crippen LogP contribution in [0.2, 0.25) is 5.02 Å². The van der Waals surface area contributed by atoms with E-state index >= 15 is 0 Å². The molecule has 0 aliphatic heterocycles. The molecule has 4 aromatic rings. The molecule has 2 aromatic carbocycles. The summed E-state index contributed by atoms with van der Waals surface area (Å²) in [7, 11) is 0. The molecule has 5 nitrogen and oxygen atoms in total. The number of carbonyl (C=O) groups is 1. The van der Waals surface area contributed by atoms with Gasteiger partial charge < -0.3 is 10.4 Å². The smallest absolute Gasteiger partial charge is 0.275 e. The van der Waals surface area contributed by atoms with E-state index in [1.165, 1.54) is 12.1 Å². The van der Waals surface area contributed by atoms with Crippen molar-refractivity contribution in [2.75, 3.05) is 5.32 Å². The number of fused-ring (bicyclic) bond motifs is 1. The topological polar surface area (TPSA) is 66.6 Å². The molecule has 0 saturated heterocycles. The number of carbonyl (C=O) groups excluding carboxylic acids is 1. The van der Waals surface area contributed by atoms with E-state index in [4.69, 9.17) is 11.6 Å². The Morgan fingerprint density at radius 1 is 1.04 bits per heavy atom. The zero-order chi connectivity index (χ0) is 19.8. The lowest BCUT2D eigenvalue weighted by Gasteiger charge is -2.10. The van der Waals surface area contributed by atoms with Gasteiger partial charge in [-0.15, -0.1) is 0 Å². The Balaban J connectivity index is 1.87. The van der Waals surface area contributed by atoms with Gasteiger partial charge in [0.15, 0.2) is 0 Å². The Morgan fingerprint density at radius 3 is 2.50 bits per heavy atom. The van der Waals surface area contributed by atoms with Crippen LogP contribution in [0.4, 0.5) is 5.69 Å². The van der Waals surface area contributed by atoms with Gasteiger partial charge in [-0.05, 0) is 43.7 Å². The number of aromatic hydroxyl groups is 1. The monoisotopic (exact) mass is 391 g/mol. The van der Waals surface area contributed by atoms with Gasteiger partial charge >= 0.3 is 0 Å². The third-order valence-corrected chi connectivity index (χ3v) is 4.75. The van der Waals surface area contributed by atoms with E-state index in [9.17, 15) is 9.90 Å². The van der Waals surface area contributed by atoms with Gasteiger partial charge in [0.25, 0.3) is 5.91 Å². The van der Waals surface area contributed by atoms with Gasteiger partial charge in [-0.2, -0.15) is 0 Å². The molecule has 1 amide bonds. The fourth-order valence-electron chi connectivity index (χ4n) is 3.07. The normalized spacial score (nSPS) is 11.0. The number of nitrogens with one attached hydrogen (secondary N) is 1. The number of nitrogens with zero attached hydrogens (tertiary/aromatic N) is 2. The van der Waals surface area contributed by atoms with Crippen LogP contribution in [0.25, 0.3) is 16.9 Å². The number of hydrogen-bond donors (Lipinski definition) is 2. The van der Waals surface area contributed by atoms with Gasteiger partial charge in [0.2, 0.25) is 0 Å². The van der Waals surface area contributed by atoms with Gasteiger partial charge in [0, 0.05) is 16.8 Å². The number of anilines is 1. The number of phenols is 1. The number of aryl methyl sites for hydroxylation is 2. The molecule has 140 valence electrons. The van der Waals surface area contributed by atoms with E-state index in [-0.39, 0.29) is 17.3 Å². The maximum Gasteiger partial charge on any atom is 0.275 e. The Labute approximate surface area is 167 Å². The quantitative estimate of drug-likeness (QED) is 0.470. The van der Waals surface area contributed by atoms with E-state index < -0.39 is 0 Å². The minimum absolute atomic E-state index is 0.0559. The van der Waals surface area contributed by atoms with Crippen molar-refractivity contribution in [3.8, 4) is 17.0 Å². The van der Waals surface area contributed by atoms with Crippen LogP contribution in [-0.2, 0) is 0 Å². The molecule has 0 bridgehead atoms. The van der Waals surface area contributed by atoms with E-state index in [1.54, 1.807) is 10.5 Å². The summed E-state index contributed by atoms with van der Waals surface area (Å²) in [5, 5.41) is 13.2. The first-order valence-electron chi connectivity index (χ1n) is 8.78. The van der Waals surface area contributed by atoms with Crippen molar-refractivity contribution >= 4 is 28.8 Å². The first-order chi connectivity index (χ1) is 13.4. The van der Waals surface area contributed by atoms with Crippen molar-refractivity contribution in [2.24, 2.45) is 0 Å². The number of pyridine rings is 1. The summed E-state index contributed by atoms with van der Waals surface area (Å²) in [4.78, 5) is 17.9. The van der Waals surface area contributed by atoms with Crippen LogP contribution in [0.1, 0.15) is 21.6 Å². The van der Waals surface area contributed by atoms with Gasteiger partial charge in [0.05, 0.1) is 5.69 Å². The number of phenolic OH excluding ortho intramolecular Hbond substituents is 1. The largest absolute Gasteiger partial charge is 0.506 e. The predicted octanol–water partition coefficient (Wildman–Crippen LogP) is 5.23. The number of aromatic nitrogens is 2. The molecule has 0 aliphatic rings. The van der Waals surface area contributed by atoms with E-state index in [1.807, 2.05) is 56.4 Å². The SMILES string of the molecule is Cc1ccc(-c2nc3ccc(C)cn3c2C(=O)Nc2cc(Cl)ccc2O)cc1. The highest BCUT2D eigenvalue weighted by Gasteiger charge is 2.21. The number of amides is 1. The second-order valence-corrected chi connectivity index (χ2v) is 7.16. The molecule has 0 unspecified atom stereocenters. The van der Waals surface area contributed by atoms with Crippen molar-refractivity contribution in [2.45, 2.75) is 13.8 Å². The number of hydrogen-bond acceptors (Lipinski definition) is 3. The molecule has 0 fully saturated rings. The molecule has 4 rings (SSSR count). The summed E-state index contributed by atoms with van der Waals surface area (Å²) in [5.41, 5.74) is 4.84. The minimum atomic E-state index is -0.383. The van der Waals surface area contributed by atoms with E-state index in [0.717, 1.165) is 16.7 Å². The minimum Gasteiger partial charge on any atom is -0.506 e. The highest BCUT2D eigenvalue weighted by Crippen LogP contribution is 2.30. The third kappa shape index (κ3) is 3.32. The van der Waals surface area contributed by atoms with Crippen molar-refractivity contribution in [3.63, 3.8) is 0 Å². The predicted molar refractivity (Wildman–Crippen MR) is 111 cm³/mol. The summed E-state index contributed by atoms with van der Waals surface area (Å²) >= 11 is 6.00. The molecule has 2 N–H and O–H groups in total. The zero-order valence-electron chi connectivity index (χ0n) is 15.4. The lowest BCUT2D eigenvalue weighted by atomic mass is 10.1. The Kier molecular flexibility index (Phi) is 4.53. The van der Waals surface area contributed by atoms with Crippen LogP contribution >= 0.6 is 11.6 Å². The van der Waals surface area contributed by atoms with Crippen molar-refractivity contribution in [1.29, 1.82) is 0 Å². The number of halogens is 1. The Hall–Kier alpha value is -3.31. The average Bonchev–Trinajstić information content (AvgIpc) is 3.04. The second-order valence-electron chi connectivity index (χ2n) is 6.73. The molecule has 0 radical (unpaired) electrons. The standard InChI is InChI=1S/C22H18ClN3O2/c1-13-3-6-15(7-4-13)20-21(26-12-14(2)5-10-19(26)25-20)22(28)24-17-11-16(23)8-9-18(17)27/h3-12,27H,1-2H3,(H,24,28). The molecular formula is C22H18ClN3O2. The molecular weight excluding hydrogens is 374 g/mol. The zero-order valence-corrected chi connectivity index (χ0v) is 16.2. The molecule has 28 heavy (non-hydrogen) atoms. The summed E-state index contributed by atoms with van der Waals surface area (Å²) < 4.78 is 1.77. The van der Waals surface area contributed by atoms with E-state index in [0.29, 0.717) is 22.1 Å². The highest BCUT2D eigenvalue weighted by molar-refractivity contribution is 6.31. The summed E-state index contributed by atoms with van der Waals surface area (Å²) in [6, 6.07) is 16.2. The second kappa shape index (κ2) is 7.02. The summed E-state index contributed by atoms with van der Waals surface area (Å²) in [5.74, 6) is -0.439. The average molecular weight is 392 g/mol. The summed E-state index contributed by atoms with van der Waals surface area (Å²) in [6.07, 6.45) is 1.87. The van der Waals surface area contributed by atoms with Crippen LogP contribution in [0.5, 0.6) is 5.75 Å². The van der Waals surface area contributed by atoms with Gasteiger partial charge in [-0.25, -0.2) is 4.98 Å². The number of imidazole rings is 1. The fraction of sp³-hybridized carbons (Fsp3) is 0.0909. The lowest BCUT2D eigenvalue weighted by Crippen LogP contribution is -2.15. The molecule has 6 heteroatoms. The molecule has 0 atom stereocenters.